The topological polar surface area (TPSA) is 52.3 Å². The Morgan fingerprint density at radius 2 is 1.88 bits per heavy atom. The number of halogens is 1. The fourth-order valence-electron chi connectivity index (χ4n) is 2.48. The predicted molar refractivity (Wildman–Crippen MR) is 96.1 cm³/mol. The first-order valence-corrected chi connectivity index (χ1v) is 8.68. The number of ether oxygens (including phenoxy) is 1. The average molecular weight is 357 g/mol. The zero-order chi connectivity index (χ0) is 16.5. The third kappa shape index (κ3) is 2.68. The molecule has 0 spiro atoms. The number of hydrogen-bond donors (Lipinski definition) is 0. The van der Waals surface area contributed by atoms with Crippen LogP contribution in [0, 0.1) is 0 Å². The van der Waals surface area contributed by atoms with Gasteiger partial charge in [0.25, 0.3) is 0 Å². The molecule has 0 saturated carbocycles. The van der Waals surface area contributed by atoms with Crippen LogP contribution in [0.1, 0.15) is 5.56 Å². The van der Waals surface area contributed by atoms with Crippen molar-refractivity contribution in [2.45, 2.75) is 5.16 Å². The number of thioether (sulfide) groups is 1. The van der Waals surface area contributed by atoms with Crippen LogP contribution < -0.4 is 4.74 Å². The summed E-state index contributed by atoms with van der Waals surface area (Å²) < 4.78 is 6.97. The molecule has 0 bridgehead atoms. The van der Waals surface area contributed by atoms with Crippen LogP contribution in [0.25, 0.3) is 11.4 Å². The van der Waals surface area contributed by atoms with Gasteiger partial charge in [-0.2, -0.15) is 9.78 Å². The van der Waals surface area contributed by atoms with Crippen molar-refractivity contribution in [2.24, 2.45) is 5.10 Å². The van der Waals surface area contributed by atoms with Gasteiger partial charge in [0.05, 0.1) is 12.8 Å². The second-order valence-corrected chi connectivity index (χ2v) is 6.51. The standard InChI is InChI=1S/C17H13ClN4OS/c1-23-12-8-6-11(7-9-12)16-19-20-17-22(16)21-15(10-24-17)13-4-2-3-5-14(13)18/h2-9H,10H2,1H3. The summed E-state index contributed by atoms with van der Waals surface area (Å²) in [6, 6.07) is 15.4. The normalized spacial score (nSPS) is 13.3. The van der Waals surface area contributed by atoms with Gasteiger partial charge in [-0.15, -0.1) is 10.2 Å². The van der Waals surface area contributed by atoms with Crippen LogP contribution in [0.15, 0.2) is 58.8 Å². The Morgan fingerprint density at radius 3 is 2.62 bits per heavy atom. The number of fused-ring (bicyclic) bond motifs is 1. The number of benzene rings is 2. The Labute approximate surface area is 148 Å². The molecule has 2 heterocycles. The van der Waals surface area contributed by atoms with Crippen molar-refractivity contribution in [1.29, 1.82) is 0 Å². The molecule has 4 rings (SSSR count). The van der Waals surface area contributed by atoms with Crippen molar-refractivity contribution in [3.63, 3.8) is 0 Å². The number of hydrogen-bond acceptors (Lipinski definition) is 5. The monoisotopic (exact) mass is 356 g/mol. The summed E-state index contributed by atoms with van der Waals surface area (Å²) in [6.07, 6.45) is 0. The molecule has 0 atom stereocenters. The molecule has 1 aliphatic heterocycles. The second-order valence-electron chi connectivity index (χ2n) is 5.16. The molecule has 120 valence electrons. The van der Waals surface area contributed by atoms with Gasteiger partial charge in [-0.3, -0.25) is 0 Å². The summed E-state index contributed by atoms with van der Waals surface area (Å²) in [4.78, 5) is 0. The Kier molecular flexibility index (Phi) is 4.00. The average Bonchev–Trinajstić information content (AvgIpc) is 3.05. The number of nitrogens with zero attached hydrogens (tertiary/aromatic N) is 4. The maximum absolute atomic E-state index is 6.30. The summed E-state index contributed by atoms with van der Waals surface area (Å²) >= 11 is 7.90. The largest absolute Gasteiger partial charge is 0.497 e. The van der Waals surface area contributed by atoms with Crippen LogP contribution >= 0.6 is 23.4 Å². The smallest absolute Gasteiger partial charge is 0.212 e. The van der Waals surface area contributed by atoms with E-state index in [0.717, 1.165) is 27.7 Å². The van der Waals surface area contributed by atoms with Gasteiger partial charge < -0.3 is 4.74 Å². The zero-order valence-electron chi connectivity index (χ0n) is 12.8. The lowest BCUT2D eigenvalue weighted by Crippen LogP contribution is -2.14. The Hall–Kier alpha value is -2.31. The molecule has 0 amide bonds. The summed E-state index contributed by atoms with van der Waals surface area (Å²) in [5, 5.41) is 14.7. The van der Waals surface area contributed by atoms with E-state index in [0.29, 0.717) is 16.6 Å². The van der Waals surface area contributed by atoms with Gasteiger partial charge in [0.15, 0.2) is 5.82 Å². The van der Waals surface area contributed by atoms with E-state index in [4.69, 9.17) is 21.4 Å². The maximum atomic E-state index is 6.30. The first kappa shape index (κ1) is 15.2. The quantitative estimate of drug-likeness (QED) is 0.712. The lowest BCUT2D eigenvalue weighted by molar-refractivity contribution is 0.415. The first-order chi connectivity index (χ1) is 11.8. The van der Waals surface area contributed by atoms with Crippen LogP contribution in [0.4, 0.5) is 0 Å². The molecule has 1 aliphatic rings. The third-order valence-electron chi connectivity index (χ3n) is 3.70. The summed E-state index contributed by atoms with van der Waals surface area (Å²) in [6.45, 7) is 0. The molecule has 0 radical (unpaired) electrons. The van der Waals surface area contributed by atoms with E-state index >= 15 is 0 Å². The van der Waals surface area contributed by atoms with Crippen molar-refractivity contribution in [1.82, 2.24) is 14.9 Å². The minimum absolute atomic E-state index is 0.694. The molecule has 0 aliphatic carbocycles. The fourth-order valence-corrected chi connectivity index (χ4v) is 3.55. The van der Waals surface area contributed by atoms with E-state index < -0.39 is 0 Å². The number of rotatable bonds is 3. The summed E-state index contributed by atoms with van der Waals surface area (Å²) in [7, 11) is 1.64. The molecule has 3 aromatic rings. The highest BCUT2D eigenvalue weighted by Crippen LogP contribution is 2.30. The molecule has 0 unspecified atom stereocenters. The first-order valence-electron chi connectivity index (χ1n) is 7.31. The molecular weight excluding hydrogens is 344 g/mol. The van der Waals surface area contributed by atoms with Crippen LogP contribution in [-0.2, 0) is 0 Å². The van der Waals surface area contributed by atoms with Gasteiger partial charge in [-0.25, -0.2) is 0 Å². The van der Waals surface area contributed by atoms with E-state index in [1.54, 1.807) is 23.5 Å². The van der Waals surface area contributed by atoms with E-state index in [2.05, 4.69) is 10.2 Å². The van der Waals surface area contributed by atoms with E-state index in [-0.39, 0.29) is 0 Å². The second kappa shape index (κ2) is 6.30. The van der Waals surface area contributed by atoms with Crippen LogP contribution in [-0.4, -0.2) is 33.4 Å². The van der Waals surface area contributed by atoms with Gasteiger partial charge >= 0.3 is 0 Å². The highest BCUT2D eigenvalue weighted by Gasteiger charge is 2.21. The lowest BCUT2D eigenvalue weighted by atomic mass is 10.1. The highest BCUT2D eigenvalue weighted by molar-refractivity contribution is 7.99. The molecule has 24 heavy (non-hydrogen) atoms. The van der Waals surface area contributed by atoms with Gasteiger partial charge in [-0.05, 0) is 30.3 Å². The number of aromatic nitrogens is 3. The molecular formula is C17H13ClN4OS. The Balaban J connectivity index is 1.78. The minimum atomic E-state index is 0.694. The molecule has 0 fully saturated rings. The number of methoxy groups -OCH3 is 1. The molecule has 1 aromatic heterocycles. The van der Waals surface area contributed by atoms with Crippen LogP contribution in [0.5, 0.6) is 5.75 Å². The molecule has 7 heteroatoms. The van der Waals surface area contributed by atoms with Crippen LogP contribution in [0.2, 0.25) is 5.02 Å². The van der Waals surface area contributed by atoms with Gasteiger partial charge in [0, 0.05) is 21.9 Å². The Morgan fingerprint density at radius 1 is 1.08 bits per heavy atom. The third-order valence-corrected chi connectivity index (χ3v) is 4.96. The minimum Gasteiger partial charge on any atom is -0.497 e. The van der Waals surface area contributed by atoms with Crippen molar-refractivity contribution >= 4 is 29.1 Å². The predicted octanol–water partition coefficient (Wildman–Crippen LogP) is 3.97. The highest BCUT2D eigenvalue weighted by atomic mass is 35.5. The molecule has 2 aromatic carbocycles. The van der Waals surface area contributed by atoms with Crippen LogP contribution in [0.3, 0.4) is 0 Å². The Bertz CT molecular complexity index is 921. The zero-order valence-corrected chi connectivity index (χ0v) is 14.4. The molecule has 0 saturated heterocycles. The maximum Gasteiger partial charge on any atom is 0.212 e. The van der Waals surface area contributed by atoms with Gasteiger partial charge in [0.1, 0.15) is 5.75 Å². The molecule has 0 N–H and O–H groups in total. The van der Waals surface area contributed by atoms with E-state index in [9.17, 15) is 0 Å². The summed E-state index contributed by atoms with van der Waals surface area (Å²) in [5.41, 5.74) is 2.78. The summed E-state index contributed by atoms with van der Waals surface area (Å²) in [5.74, 6) is 2.21. The van der Waals surface area contributed by atoms with E-state index in [1.807, 2.05) is 48.5 Å². The van der Waals surface area contributed by atoms with Crippen molar-refractivity contribution in [3.05, 3.63) is 59.1 Å². The van der Waals surface area contributed by atoms with Crippen molar-refractivity contribution in [2.75, 3.05) is 12.9 Å². The van der Waals surface area contributed by atoms with E-state index in [1.165, 1.54) is 0 Å². The lowest BCUT2D eigenvalue weighted by Gasteiger charge is -2.14. The van der Waals surface area contributed by atoms with Gasteiger partial charge in [0.2, 0.25) is 5.16 Å². The molecule has 5 nitrogen and oxygen atoms in total. The fraction of sp³-hybridized carbons (Fsp3) is 0.118. The van der Waals surface area contributed by atoms with Crippen molar-refractivity contribution in [3.8, 4) is 17.1 Å². The van der Waals surface area contributed by atoms with Crippen molar-refractivity contribution < 1.29 is 4.74 Å². The van der Waals surface area contributed by atoms with Gasteiger partial charge in [-0.1, -0.05) is 41.6 Å². The SMILES string of the molecule is COc1ccc(-c2nnc3n2N=C(c2ccccc2Cl)CS3)cc1.